The van der Waals surface area contributed by atoms with E-state index in [1.54, 1.807) is 56.7 Å². The molecule has 0 aliphatic carbocycles. The highest BCUT2D eigenvalue weighted by Crippen LogP contribution is 2.25. The van der Waals surface area contributed by atoms with Gasteiger partial charge >= 0.3 is 5.97 Å². The van der Waals surface area contributed by atoms with Crippen molar-refractivity contribution in [2.24, 2.45) is 0 Å². The van der Waals surface area contributed by atoms with Gasteiger partial charge in [-0.05, 0) is 42.5 Å². The number of carbonyl (C=O) groups excluding carboxylic acids is 2. The molecule has 0 aliphatic heterocycles. The van der Waals surface area contributed by atoms with Crippen LogP contribution in [-0.2, 0) is 16.1 Å². The van der Waals surface area contributed by atoms with Gasteiger partial charge < -0.3 is 19.5 Å². The lowest BCUT2D eigenvalue weighted by atomic mass is 10.2. The first-order chi connectivity index (χ1) is 11.5. The van der Waals surface area contributed by atoms with E-state index in [4.69, 9.17) is 14.2 Å². The van der Waals surface area contributed by atoms with Crippen molar-refractivity contribution < 1.29 is 23.8 Å². The Labute approximate surface area is 140 Å². The summed E-state index contributed by atoms with van der Waals surface area (Å²) in [5, 5.41) is 2.64. The zero-order valence-electron chi connectivity index (χ0n) is 13.8. The highest BCUT2D eigenvalue weighted by Gasteiger charge is 2.11. The number of ether oxygens (including phenoxy) is 3. The second-order valence-electron chi connectivity index (χ2n) is 5.01. The number of nitrogens with one attached hydrogen (secondary N) is 1. The van der Waals surface area contributed by atoms with Gasteiger partial charge in [0, 0.05) is 18.2 Å². The Hall–Kier alpha value is -3.02. The molecule has 0 saturated carbocycles. The van der Waals surface area contributed by atoms with Crippen molar-refractivity contribution >= 4 is 17.6 Å². The fourth-order valence-corrected chi connectivity index (χ4v) is 2.11. The molecule has 0 unspecified atom stereocenters. The first-order valence-electron chi connectivity index (χ1n) is 7.29. The Kier molecular flexibility index (Phi) is 5.78. The van der Waals surface area contributed by atoms with Crippen LogP contribution in [0.2, 0.25) is 0 Å². The van der Waals surface area contributed by atoms with Gasteiger partial charge in [-0.2, -0.15) is 0 Å². The molecule has 6 heteroatoms. The second kappa shape index (κ2) is 8.01. The molecule has 0 aliphatic rings. The molecule has 1 N–H and O–H groups in total. The fraction of sp³-hybridized carbons (Fsp3) is 0.222. The molecule has 2 aromatic rings. The summed E-state index contributed by atoms with van der Waals surface area (Å²) in [6, 6.07) is 11.8. The number of rotatable bonds is 6. The van der Waals surface area contributed by atoms with Crippen molar-refractivity contribution in [3.63, 3.8) is 0 Å². The molecule has 126 valence electrons. The van der Waals surface area contributed by atoms with Crippen LogP contribution in [0.3, 0.4) is 0 Å². The summed E-state index contributed by atoms with van der Waals surface area (Å²) < 4.78 is 15.7. The zero-order valence-corrected chi connectivity index (χ0v) is 13.8. The van der Waals surface area contributed by atoms with Crippen LogP contribution in [-0.4, -0.2) is 26.1 Å². The van der Waals surface area contributed by atoms with Gasteiger partial charge in [-0.3, -0.25) is 4.79 Å². The van der Waals surface area contributed by atoms with Crippen molar-refractivity contribution in [1.82, 2.24) is 0 Å². The van der Waals surface area contributed by atoms with Crippen LogP contribution in [0.4, 0.5) is 5.69 Å². The molecule has 0 bridgehead atoms. The average molecular weight is 329 g/mol. The summed E-state index contributed by atoms with van der Waals surface area (Å²) in [6.45, 7) is 1.48. The van der Waals surface area contributed by atoms with Crippen LogP contribution in [0.1, 0.15) is 22.8 Å². The lowest BCUT2D eigenvalue weighted by molar-refractivity contribution is -0.114. The summed E-state index contributed by atoms with van der Waals surface area (Å²) in [6.07, 6.45) is 0. The number of hydrogen-bond acceptors (Lipinski definition) is 5. The van der Waals surface area contributed by atoms with Gasteiger partial charge in [0.2, 0.25) is 5.91 Å². The van der Waals surface area contributed by atoms with Crippen molar-refractivity contribution in [3.8, 4) is 11.5 Å². The molecule has 2 aromatic carbocycles. The quantitative estimate of drug-likeness (QED) is 0.825. The van der Waals surface area contributed by atoms with E-state index in [-0.39, 0.29) is 12.5 Å². The SMILES string of the molecule is COc1ccc(OC)c(COC(=O)c2ccc(NC(C)=O)cc2)c1. The molecule has 0 saturated heterocycles. The minimum atomic E-state index is -0.464. The van der Waals surface area contributed by atoms with Gasteiger partial charge in [0.25, 0.3) is 0 Å². The lowest BCUT2D eigenvalue weighted by Crippen LogP contribution is -2.08. The van der Waals surface area contributed by atoms with E-state index in [9.17, 15) is 9.59 Å². The summed E-state index contributed by atoms with van der Waals surface area (Å²) >= 11 is 0. The third-order valence-corrected chi connectivity index (χ3v) is 3.29. The summed E-state index contributed by atoms with van der Waals surface area (Å²) in [5.74, 6) is 0.635. The van der Waals surface area contributed by atoms with Crippen LogP contribution in [0.25, 0.3) is 0 Å². The van der Waals surface area contributed by atoms with E-state index >= 15 is 0 Å². The Bertz CT molecular complexity index is 725. The van der Waals surface area contributed by atoms with Crippen LogP contribution in [0, 0.1) is 0 Å². The first-order valence-corrected chi connectivity index (χ1v) is 7.29. The number of benzene rings is 2. The Balaban J connectivity index is 2.04. The summed E-state index contributed by atoms with van der Waals surface area (Å²) in [5.41, 5.74) is 1.72. The molecule has 0 radical (unpaired) electrons. The molecule has 1 amide bonds. The van der Waals surface area contributed by atoms with E-state index in [2.05, 4.69) is 5.32 Å². The minimum absolute atomic E-state index is 0.0622. The van der Waals surface area contributed by atoms with Crippen LogP contribution in [0.15, 0.2) is 42.5 Å². The lowest BCUT2D eigenvalue weighted by Gasteiger charge is -2.11. The maximum atomic E-state index is 12.1. The molecule has 0 heterocycles. The number of methoxy groups -OCH3 is 2. The van der Waals surface area contributed by atoms with Gasteiger partial charge in [0.15, 0.2) is 0 Å². The standard InChI is InChI=1S/C18H19NO5/c1-12(20)19-15-6-4-13(5-7-15)18(21)24-11-14-10-16(22-2)8-9-17(14)23-3/h4-10H,11H2,1-3H3,(H,19,20). The van der Waals surface area contributed by atoms with E-state index in [0.29, 0.717) is 28.3 Å². The molecular formula is C18H19NO5. The van der Waals surface area contributed by atoms with Crippen LogP contribution >= 0.6 is 0 Å². The normalized spacial score (nSPS) is 9.96. The van der Waals surface area contributed by atoms with Crippen LogP contribution < -0.4 is 14.8 Å². The predicted octanol–water partition coefficient (Wildman–Crippen LogP) is 3.02. The monoisotopic (exact) mass is 329 g/mol. The average Bonchev–Trinajstić information content (AvgIpc) is 2.59. The Morgan fingerprint density at radius 3 is 2.29 bits per heavy atom. The Morgan fingerprint density at radius 2 is 1.71 bits per heavy atom. The first kappa shape index (κ1) is 17.3. The predicted molar refractivity (Wildman–Crippen MR) is 89.4 cm³/mol. The number of amides is 1. The number of carbonyl (C=O) groups is 2. The van der Waals surface area contributed by atoms with E-state index < -0.39 is 5.97 Å². The molecule has 24 heavy (non-hydrogen) atoms. The van der Waals surface area contributed by atoms with Gasteiger partial charge in [-0.25, -0.2) is 4.79 Å². The molecule has 0 spiro atoms. The van der Waals surface area contributed by atoms with Gasteiger partial charge in [-0.15, -0.1) is 0 Å². The molecular weight excluding hydrogens is 310 g/mol. The largest absolute Gasteiger partial charge is 0.497 e. The number of hydrogen-bond donors (Lipinski definition) is 1. The molecule has 0 aromatic heterocycles. The third kappa shape index (κ3) is 4.49. The Morgan fingerprint density at radius 1 is 1.00 bits per heavy atom. The van der Waals surface area contributed by atoms with Crippen molar-refractivity contribution in [1.29, 1.82) is 0 Å². The van der Waals surface area contributed by atoms with Crippen molar-refractivity contribution in [2.75, 3.05) is 19.5 Å². The maximum absolute atomic E-state index is 12.1. The second-order valence-corrected chi connectivity index (χ2v) is 5.01. The highest BCUT2D eigenvalue weighted by molar-refractivity contribution is 5.92. The van der Waals surface area contributed by atoms with Gasteiger partial charge in [0.05, 0.1) is 19.8 Å². The molecule has 0 atom stereocenters. The number of anilines is 1. The van der Waals surface area contributed by atoms with E-state index in [1.807, 2.05) is 0 Å². The molecule has 0 fully saturated rings. The smallest absolute Gasteiger partial charge is 0.338 e. The summed E-state index contributed by atoms with van der Waals surface area (Å²) in [7, 11) is 3.11. The number of esters is 1. The maximum Gasteiger partial charge on any atom is 0.338 e. The fourth-order valence-electron chi connectivity index (χ4n) is 2.11. The molecule has 6 nitrogen and oxygen atoms in total. The van der Waals surface area contributed by atoms with Gasteiger partial charge in [-0.1, -0.05) is 0 Å². The highest BCUT2D eigenvalue weighted by atomic mass is 16.5. The minimum Gasteiger partial charge on any atom is -0.497 e. The summed E-state index contributed by atoms with van der Waals surface area (Å²) in [4.78, 5) is 23.1. The molecule has 2 rings (SSSR count). The zero-order chi connectivity index (χ0) is 17.5. The van der Waals surface area contributed by atoms with Crippen molar-refractivity contribution in [3.05, 3.63) is 53.6 Å². The van der Waals surface area contributed by atoms with E-state index in [1.165, 1.54) is 6.92 Å². The van der Waals surface area contributed by atoms with Crippen molar-refractivity contribution in [2.45, 2.75) is 13.5 Å². The third-order valence-electron chi connectivity index (χ3n) is 3.29. The van der Waals surface area contributed by atoms with E-state index in [0.717, 1.165) is 0 Å². The van der Waals surface area contributed by atoms with Gasteiger partial charge in [0.1, 0.15) is 18.1 Å². The topological polar surface area (TPSA) is 73.9 Å². The van der Waals surface area contributed by atoms with Crippen LogP contribution in [0.5, 0.6) is 11.5 Å².